The van der Waals surface area contributed by atoms with Crippen LogP contribution in [0.3, 0.4) is 0 Å². The number of ether oxygens (including phenoxy) is 5. The summed E-state index contributed by atoms with van der Waals surface area (Å²) in [6.45, 7) is 0. The fourth-order valence-electron chi connectivity index (χ4n) is 5.17. The topological polar surface area (TPSA) is 94.0 Å². The highest BCUT2D eigenvalue weighted by Gasteiger charge is 2.35. The van der Waals surface area contributed by atoms with Crippen LogP contribution < -0.4 is 29.0 Å². The van der Waals surface area contributed by atoms with Gasteiger partial charge in [0.25, 0.3) is 0 Å². The summed E-state index contributed by atoms with van der Waals surface area (Å²) in [5.41, 5.74) is 2.80. The van der Waals surface area contributed by atoms with E-state index in [2.05, 4.69) is 11.4 Å². The van der Waals surface area contributed by atoms with Gasteiger partial charge in [-0.2, -0.15) is 5.10 Å². The number of nitrogens with one attached hydrogen (secondary N) is 1. The molecular formula is C31H31N3O6S. The molecule has 0 saturated carbocycles. The summed E-state index contributed by atoms with van der Waals surface area (Å²) in [6.07, 6.45) is 0.460. The number of hydrazone groups is 1. The van der Waals surface area contributed by atoms with E-state index in [1.54, 1.807) is 70.9 Å². The standard InChI is InChI=1S/C31H31N3O6S/c1-36-25-14-13-20(19-9-6-7-10-21(19)25)23-17-22(29-24(35)11-8-12-26(29)37-2)33-34(23)31(41)32-18-15-27(38-3)30(40-5)28(16-18)39-4/h6-16,23,35H,17H2,1-5H3,(H,32,41). The second kappa shape index (κ2) is 11.8. The van der Waals surface area contributed by atoms with Crippen molar-refractivity contribution in [1.82, 2.24) is 5.01 Å². The molecule has 1 aliphatic heterocycles. The third kappa shape index (κ3) is 5.14. The van der Waals surface area contributed by atoms with Gasteiger partial charge in [0.15, 0.2) is 16.6 Å². The molecule has 10 heteroatoms. The molecule has 4 aromatic carbocycles. The summed E-state index contributed by atoms with van der Waals surface area (Å²) >= 11 is 5.94. The number of nitrogens with zero attached hydrogens (tertiary/aromatic N) is 2. The van der Waals surface area contributed by atoms with Crippen molar-refractivity contribution in [3.8, 4) is 34.5 Å². The van der Waals surface area contributed by atoms with Crippen molar-refractivity contribution in [1.29, 1.82) is 0 Å². The van der Waals surface area contributed by atoms with Gasteiger partial charge in [-0.15, -0.1) is 0 Å². The molecule has 0 aromatic heterocycles. The lowest BCUT2D eigenvalue weighted by Crippen LogP contribution is -2.31. The smallest absolute Gasteiger partial charge is 0.203 e. The number of phenolic OH excluding ortho intramolecular Hbond substituents is 1. The number of thiocarbonyl (C=S) groups is 1. The van der Waals surface area contributed by atoms with Gasteiger partial charge in [-0.1, -0.05) is 36.4 Å². The average molecular weight is 574 g/mol. The molecular weight excluding hydrogens is 542 g/mol. The molecule has 0 spiro atoms. The molecule has 0 aliphatic carbocycles. The Kier molecular flexibility index (Phi) is 8.02. The minimum atomic E-state index is -0.299. The molecule has 0 saturated heterocycles. The minimum absolute atomic E-state index is 0.0757. The van der Waals surface area contributed by atoms with Gasteiger partial charge < -0.3 is 34.1 Å². The lowest BCUT2D eigenvalue weighted by atomic mass is 9.93. The van der Waals surface area contributed by atoms with Crippen molar-refractivity contribution >= 4 is 39.5 Å². The molecule has 9 nitrogen and oxygen atoms in total. The summed E-state index contributed by atoms with van der Waals surface area (Å²) in [6, 6.07) is 20.4. The molecule has 0 amide bonds. The predicted molar refractivity (Wildman–Crippen MR) is 163 cm³/mol. The molecule has 1 atom stereocenters. The highest BCUT2D eigenvalue weighted by atomic mass is 32.1. The van der Waals surface area contributed by atoms with Crippen LogP contribution in [0.15, 0.2) is 71.8 Å². The van der Waals surface area contributed by atoms with Gasteiger partial charge in [0.1, 0.15) is 17.2 Å². The maximum Gasteiger partial charge on any atom is 0.203 e. The number of anilines is 1. The van der Waals surface area contributed by atoms with Crippen LogP contribution in [0.4, 0.5) is 5.69 Å². The Bertz CT molecular complexity index is 1610. The molecule has 5 rings (SSSR count). The van der Waals surface area contributed by atoms with Gasteiger partial charge in [0.05, 0.1) is 52.9 Å². The van der Waals surface area contributed by atoms with Gasteiger partial charge in [-0.05, 0) is 41.4 Å². The van der Waals surface area contributed by atoms with E-state index < -0.39 is 0 Å². The largest absolute Gasteiger partial charge is 0.507 e. The van der Waals surface area contributed by atoms with Crippen molar-refractivity contribution in [2.24, 2.45) is 5.10 Å². The second-order valence-corrected chi connectivity index (χ2v) is 9.60. The SMILES string of the molecule is COc1cc(NC(=S)N2N=C(c3c(O)cccc3OC)CC2c2ccc(OC)c3ccccc23)cc(OC)c1OC. The lowest BCUT2D eigenvalue weighted by Gasteiger charge is -2.26. The van der Waals surface area contributed by atoms with E-state index in [1.807, 2.05) is 30.3 Å². The molecule has 0 bridgehead atoms. The number of rotatable bonds is 8. The third-order valence-electron chi connectivity index (χ3n) is 7.04. The highest BCUT2D eigenvalue weighted by molar-refractivity contribution is 7.80. The van der Waals surface area contributed by atoms with E-state index in [-0.39, 0.29) is 11.8 Å². The highest BCUT2D eigenvalue weighted by Crippen LogP contribution is 2.43. The predicted octanol–water partition coefficient (Wildman–Crippen LogP) is 6.14. The molecule has 0 radical (unpaired) electrons. The van der Waals surface area contributed by atoms with Crippen molar-refractivity contribution < 1.29 is 28.8 Å². The summed E-state index contributed by atoms with van der Waals surface area (Å²) < 4.78 is 27.7. The molecule has 41 heavy (non-hydrogen) atoms. The first-order valence-corrected chi connectivity index (χ1v) is 13.2. The van der Waals surface area contributed by atoms with E-state index in [0.29, 0.717) is 51.5 Å². The number of fused-ring (bicyclic) bond motifs is 1. The Hall–Kier alpha value is -4.70. The normalized spacial score (nSPS) is 14.4. The van der Waals surface area contributed by atoms with Crippen molar-refractivity contribution in [2.75, 3.05) is 40.9 Å². The first-order valence-electron chi connectivity index (χ1n) is 12.8. The van der Waals surface area contributed by atoms with Crippen LogP contribution in [0.1, 0.15) is 23.6 Å². The van der Waals surface area contributed by atoms with Crippen LogP contribution >= 0.6 is 12.2 Å². The average Bonchev–Trinajstić information content (AvgIpc) is 3.44. The van der Waals surface area contributed by atoms with Gasteiger partial charge in [-0.25, -0.2) is 5.01 Å². The van der Waals surface area contributed by atoms with Crippen LogP contribution in [-0.4, -0.2) is 56.5 Å². The maximum absolute atomic E-state index is 10.8. The Labute approximate surface area is 243 Å². The number of hydrogen-bond donors (Lipinski definition) is 2. The minimum Gasteiger partial charge on any atom is -0.507 e. The van der Waals surface area contributed by atoms with E-state index in [0.717, 1.165) is 22.1 Å². The first-order chi connectivity index (χ1) is 19.9. The molecule has 0 fully saturated rings. The molecule has 4 aromatic rings. The monoisotopic (exact) mass is 573 g/mol. The fraction of sp³-hybridized carbons (Fsp3) is 0.226. The van der Waals surface area contributed by atoms with Gasteiger partial charge >= 0.3 is 0 Å². The van der Waals surface area contributed by atoms with E-state index >= 15 is 0 Å². The first kappa shape index (κ1) is 27.9. The number of phenols is 1. The second-order valence-electron chi connectivity index (χ2n) is 9.21. The van der Waals surface area contributed by atoms with Crippen molar-refractivity contribution in [3.63, 3.8) is 0 Å². The molecule has 212 valence electrons. The van der Waals surface area contributed by atoms with Crippen LogP contribution in [0.25, 0.3) is 10.8 Å². The van der Waals surface area contributed by atoms with Crippen LogP contribution in [-0.2, 0) is 0 Å². The third-order valence-corrected chi connectivity index (χ3v) is 7.33. The zero-order valence-corrected chi connectivity index (χ0v) is 24.2. The molecule has 1 heterocycles. The Morgan fingerprint density at radius 3 is 2.10 bits per heavy atom. The van der Waals surface area contributed by atoms with E-state index in [4.69, 9.17) is 41.0 Å². The Balaban J connectivity index is 1.61. The zero-order chi connectivity index (χ0) is 29.1. The van der Waals surface area contributed by atoms with E-state index in [1.165, 1.54) is 0 Å². The molecule has 1 unspecified atom stereocenters. The number of methoxy groups -OCH3 is 5. The number of hydrogen-bond acceptors (Lipinski definition) is 8. The number of aromatic hydroxyl groups is 1. The summed E-state index contributed by atoms with van der Waals surface area (Å²) in [5, 5.41) is 23.1. The fourth-order valence-corrected chi connectivity index (χ4v) is 5.45. The lowest BCUT2D eigenvalue weighted by molar-refractivity contribution is 0.324. The van der Waals surface area contributed by atoms with Crippen LogP contribution in [0, 0.1) is 0 Å². The molecule has 1 aliphatic rings. The van der Waals surface area contributed by atoms with Crippen molar-refractivity contribution in [3.05, 3.63) is 77.9 Å². The number of benzene rings is 4. The van der Waals surface area contributed by atoms with E-state index in [9.17, 15) is 5.11 Å². The van der Waals surface area contributed by atoms with Crippen LogP contribution in [0.2, 0.25) is 0 Å². The summed E-state index contributed by atoms with van der Waals surface area (Å²) in [7, 11) is 7.89. The van der Waals surface area contributed by atoms with Gasteiger partial charge in [0, 0.05) is 29.6 Å². The molecule has 2 N–H and O–H groups in total. The van der Waals surface area contributed by atoms with Crippen molar-refractivity contribution in [2.45, 2.75) is 12.5 Å². The summed E-state index contributed by atoms with van der Waals surface area (Å²) in [4.78, 5) is 0. The zero-order valence-electron chi connectivity index (χ0n) is 23.4. The van der Waals surface area contributed by atoms with Crippen LogP contribution in [0.5, 0.6) is 34.5 Å². The van der Waals surface area contributed by atoms with Gasteiger partial charge in [-0.3, -0.25) is 0 Å². The summed E-state index contributed by atoms with van der Waals surface area (Å²) in [5.74, 6) is 2.82. The van der Waals surface area contributed by atoms with Gasteiger partial charge in [0.2, 0.25) is 5.75 Å². The Morgan fingerprint density at radius 2 is 1.46 bits per heavy atom. The Morgan fingerprint density at radius 1 is 0.805 bits per heavy atom. The maximum atomic E-state index is 10.8. The quantitative estimate of drug-likeness (QED) is 0.241.